The Morgan fingerprint density at radius 2 is 1.64 bits per heavy atom. The van der Waals surface area contributed by atoms with E-state index in [-0.39, 0.29) is 5.91 Å². The summed E-state index contributed by atoms with van der Waals surface area (Å²) >= 11 is 0. The summed E-state index contributed by atoms with van der Waals surface area (Å²) in [5, 5.41) is 2.67. The van der Waals surface area contributed by atoms with Crippen LogP contribution < -0.4 is 5.32 Å². The van der Waals surface area contributed by atoms with Crippen LogP contribution in [0.4, 0.5) is 0 Å². The van der Waals surface area contributed by atoms with E-state index in [0.717, 1.165) is 12.5 Å². The van der Waals surface area contributed by atoms with E-state index < -0.39 is 0 Å². The lowest BCUT2D eigenvalue weighted by atomic mass is 9.91. The molecule has 0 aromatic heterocycles. The quantitative estimate of drug-likeness (QED) is 0.929. The molecular formula is C22H26N2O. The van der Waals surface area contributed by atoms with Crippen molar-refractivity contribution in [2.45, 2.75) is 38.1 Å². The Kier molecular flexibility index (Phi) is 4.58. The van der Waals surface area contributed by atoms with Crippen LogP contribution >= 0.6 is 0 Å². The summed E-state index contributed by atoms with van der Waals surface area (Å²) in [6.07, 6.45) is 6.50. The topological polar surface area (TPSA) is 32.3 Å². The van der Waals surface area contributed by atoms with Gasteiger partial charge in [-0.2, -0.15) is 0 Å². The molecule has 0 radical (unpaired) electrons. The Balaban J connectivity index is 1.53. The van der Waals surface area contributed by atoms with Crippen LogP contribution in [0.1, 0.15) is 40.7 Å². The minimum atomic E-state index is -0.0374. The van der Waals surface area contributed by atoms with Crippen molar-refractivity contribution in [2.24, 2.45) is 0 Å². The van der Waals surface area contributed by atoms with Crippen molar-refractivity contribution in [3.05, 3.63) is 59.2 Å². The number of carbonyl (C=O) groups excluding carboxylic acids is 1. The smallest absolute Gasteiger partial charge is 0.251 e. The van der Waals surface area contributed by atoms with Crippen LogP contribution in [0.2, 0.25) is 0 Å². The van der Waals surface area contributed by atoms with E-state index in [2.05, 4.69) is 28.4 Å². The molecule has 1 amide bonds. The molecule has 1 heterocycles. The van der Waals surface area contributed by atoms with Crippen molar-refractivity contribution in [1.82, 2.24) is 10.2 Å². The molecule has 3 heteroatoms. The Labute approximate surface area is 150 Å². The van der Waals surface area contributed by atoms with Gasteiger partial charge in [0.2, 0.25) is 0 Å². The lowest BCUT2D eigenvalue weighted by molar-refractivity contribution is 0.0963. The third kappa shape index (κ3) is 3.34. The number of hydrogen-bond donors (Lipinski definition) is 1. The molecule has 0 atom stereocenters. The van der Waals surface area contributed by atoms with Gasteiger partial charge < -0.3 is 5.32 Å². The second-order valence-electron chi connectivity index (χ2n) is 7.26. The zero-order chi connectivity index (χ0) is 17.2. The highest BCUT2D eigenvalue weighted by Crippen LogP contribution is 2.29. The standard InChI is InChI=1S/C22H26N2O/c1-23-22(25)18-8-5-16(6-9-18)19-10-7-17-11-13-24(21-3-2-4-21)14-12-20(17)15-19/h5-10,15,21H,2-4,11-14H2,1H3,(H,23,25). The first-order valence-corrected chi connectivity index (χ1v) is 9.43. The fraction of sp³-hybridized carbons (Fsp3) is 0.409. The van der Waals surface area contributed by atoms with Crippen LogP contribution in [-0.2, 0) is 12.8 Å². The van der Waals surface area contributed by atoms with E-state index in [0.29, 0.717) is 5.56 Å². The van der Waals surface area contributed by atoms with E-state index in [1.54, 1.807) is 7.05 Å². The molecular weight excluding hydrogens is 308 g/mol. The highest BCUT2D eigenvalue weighted by Gasteiger charge is 2.26. The molecule has 25 heavy (non-hydrogen) atoms. The van der Waals surface area contributed by atoms with Gasteiger partial charge in [0.05, 0.1) is 0 Å². The van der Waals surface area contributed by atoms with Crippen LogP contribution in [0.3, 0.4) is 0 Å². The number of nitrogens with one attached hydrogen (secondary N) is 1. The van der Waals surface area contributed by atoms with Crippen LogP contribution in [0.15, 0.2) is 42.5 Å². The predicted octanol–water partition coefficient (Wildman–Crippen LogP) is 3.67. The molecule has 1 aliphatic carbocycles. The normalized spacial score (nSPS) is 18.1. The maximum absolute atomic E-state index is 11.7. The maximum atomic E-state index is 11.7. The third-order valence-corrected chi connectivity index (χ3v) is 5.84. The average molecular weight is 334 g/mol. The molecule has 0 saturated heterocycles. The fourth-order valence-corrected chi connectivity index (χ4v) is 4.00. The van der Waals surface area contributed by atoms with Crippen LogP contribution in [0, 0.1) is 0 Å². The van der Waals surface area contributed by atoms with Crippen LogP contribution in [0.25, 0.3) is 11.1 Å². The second kappa shape index (κ2) is 7.01. The highest BCUT2D eigenvalue weighted by atomic mass is 16.1. The van der Waals surface area contributed by atoms with Gasteiger partial charge in [0.15, 0.2) is 0 Å². The molecule has 130 valence electrons. The van der Waals surface area contributed by atoms with E-state index in [4.69, 9.17) is 0 Å². The van der Waals surface area contributed by atoms with Gasteiger partial charge >= 0.3 is 0 Å². The van der Waals surface area contributed by atoms with E-state index >= 15 is 0 Å². The summed E-state index contributed by atoms with van der Waals surface area (Å²) in [6, 6.07) is 15.6. The number of nitrogens with zero attached hydrogens (tertiary/aromatic N) is 1. The first-order chi connectivity index (χ1) is 12.2. The van der Waals surface area contributed by atoms with Crippen molar-refractivity contribution in [3.63, 3.8) is 0 Å². The summed E-state index contributed by atoms with van der Waals surface area (Å²) in [5.41, 5.74) is 6.13. The van der Waals surface area contributed by atoms with Gasteiger partial charge in [0.1, 0.15) is 0 Å². The van der Waals surface area contributed by atoms with Gasteiger partial charge in [-0.25, -0.2) is 0 Å². The molecule has 2 aromatic carbocycles. The van der Waals surface area contributed by atoms with Gasteiger partial charge in [0.25, 0.3) is 5.91 Å². The third-order valence-electron chi connectivity index (χ3n) is 5.84. The Bertz CT molecular complexity index is 762. The molecule has 1 N–H and O–H groups in total. The van der Waals surface area contributed by atoms with Crippen LogP contribution in [0.5, 0.6) is 0 Å². The molecule has 0 unspecified atom stereocenters. The van der Waals surface area contributed by atoms with Gasteiger partial charge in [-0.3, -0.25) is 9.69 Å². The Morgan fingerprint density at radius 3 is 2.28 bits per heavy atom. The molecule has 1 saturated carbocycles. The lowest BCUT2D eigenvalue weighted by Crippen LogP contribution is -2.41. The second-order valence-corrected chi connectivity index (χ2v) is 7.26. The molecule has 2 aliphatic rings. The molecule has 1 aliphatic heterocycles. The largest absolute Gasteiger partial charge is 0.355 e. The SMILES string of the molecule is CNC(=O)c1ccc(-c2ccc3c(c2)CCN(C2CCC2)CC3)cc1. The highest BCUT2D eigenvalue weighted by molar-refractivity contribution is 5.94. The van der Waals surface area contributed by atoms with Gasteiger partial charge in [-0.1, -0.05) is 36.8 Å². The first kappa shape index (κ1) is 16.3. The fourth-order valence-electron chi connectivity index (χ4n) is 4.00. The number of benzene rings is 2. The monoisotopic (exact) mass is 334 g/mol. The van der Waals surface area contributed by atoms with Crippen molar-refractivity contribution < 1.29 is 4.79 Å². The van der Waals surface area contributed by atoms with Crippen molar-refractivity contribution in [2.75, 3.05) is 20.1 Å². The Hall–Kier alpha value is -2.13. The first-order valence-electron chi connectivity index (χ1n) is 9.43. The van der Waals surface area contributed by atoms with E-state index in [1.165, 1.54) is 61.0 Å². The van der Waals surface area contributed by atoms with Crippen LogP contribution in [-0.4, -0.2) is 37.0 Å². The molecule has 3 nitrogen and oxygen atoms in total. The summed E-state index contributed by atoms with van der Waals surface area (Å²) in [6.45, 7) is 2.40. The number of rotatable bonds is 3. The zero-order valence-corrected chi connectivity index (χ0v) is 14.9. The molecule has 2 aromatic rings. The molecule has 1 fully saturated rings. The van der Waals surface area contributed by atoms with Crippen molar-refractivity contribution in [1.29, 1.82) is 0 Å². The average Bonchev–Trinajstić information content (AvgIpc) is 2.82. The Morgan fingerprint density at radius 1 is 0.960 bits per heavy atom. The minimum absolute atomic E-state index is 0.0374. The number of hydrogen-bond acceptors (Lipinski definition) is 2. The van der Waals surface area contributed by atoms with Crippen molar-refractivity contribution >= 4 is 5.91 Å². The number of carbonyl (C=O) groups is 1. The predicted molar refractivity (Wildman–Crippen MR) is 102 cm³/mol. The van der Waals surface area contributed by atoms with E-state index in [9.17, 15) is 4.79 Å². The van der Waals surface area contributed by atoms with Gasteiger partial charge in [-0.15, -0.1) is 0 Å². The molecule has 0 bridgehead atoms. The molecule has 0 spiro atoms. The van der Waals surface area contributed by atoms with Gasteiger partial charge in [0, 0.05) is 31.7 Å². The van der Waals surface area contributed by atoms with Crippen molar-refractivity contribution in [3.8, 4) is 11.1 Å². The number of fused-ring (bicyclic) bond motifs is 1. The minimum Gasteiger partial charge on any atom is -0.355 e. The lowest BCUT2D eigenvalue weighted by Gasteiger charge is -2.36. The summed E-state index contributed by atoms with van der Waals surface area (Å²) in [5.74, 6) is -0.0374. The zero-order valence-electron chi connectivity index (χ0n) is 14.9. The summed E-state index contributed by atoms with van der Waals surface area (Å²) in [4.78, 5) is 14.4. The summed E-state index contributed by atoms with van der Waals surface area (Å²) < 4.78 is 0. The number of amides is 1. The maximum Gasteiger partial charge on any atom is 0.251 e. The molecule has 4 rings (SSSR count). The van der Waals surface area contributed by atoms with E-state index in [1.807, 2.05) is 24.3 Å². The van der Waals surface area contributed by atoms with Gasteiger partial charge in [-0.05, 0) is 60.1 Å². The summed E-state index contributed by atoms with van der Waals surface area (Å²) in [7, 11) is 1.66.